The Hall–Kier alpha value is -1.69. The Kier molecular flexibility index (Phi) is 3.23. The average Bonchev–Trinajstić information content (AvgIpc) is 2.75. The normalized spacial score (nSPS) is 19.5. The number of nitrogens with zero attached hydrogens (tertiary/aromatic N) is 2. The number of likely N-dealkylation sites (tertiary alicyclic amines) is 1. The second-order valence-electron chi connectivity index (χ2n) is 3.99. The molecule has 0 spiro atoms. The van der Waals surface area contributed by atoms with Crippen LogP contribution in [0.5, 0.6) is 0 Å². The van der Waals surface area contributed by atoms with Crippen molar-refractivity contribution in [2.75, 3.05) is 25.5 Å². The summed E-state index contributed by atoms with van der Waals surface area (Å²) >= 11 is 0. The third kappa shape index (κ3) is 2.36. The molecular weight excluding hydrogens is 225 g/mol. The van der Waals surface area contributed by atoms with Gasteiger partial charge in [0.1, 0.15) is 11.6 Å². The zero-order valence-corrected chi connectivity index (χ0v) is 9.48. The van der Waals surface area contributed by atoms with Crippen molar-refractivity contribution < 1.29 is 14.3 Å². The van der Waals surface area contributed by atoms with E-state index in [0.717, 1.165) is 12.3 Å². The molecule has 0 aliphatic carbocycles. The summed E-state index contributed by atoms with van der Waals surface area (Å²) in [6.07, 6.45) is 1.13. The van der Waals surface area contributed by atoms with E-state index in [0.29, 0.717) is 25.3 Å². The largest absolute Gasteiger partial charge is 0.391 e. The van der Waals surface area contributed by atoms with Crippen LogP contribution in [0.1, 0.15) is 16.8 Å². The summed E-state index contributed by atoms with van der Waals surface area (Å²) in [5.41, 5.74) is 0.196. The van der Waals surface area contributed by atoms with Crippen LogP contribution in [0.2, 0.25) is 0 Å². The Balaban J connectivity index is 2.26. The zero-order valence-electron chi connectivity index (χ0n) is 9.48. The number of aliphatic hydroxyl groups excluding tert-OH is 1. The third-order valence-corrected chi connectivity index (χ3v) is 2.77. The Labute approximate surface area is 98.3 Å². The summed E-state index contributed by atoms with van der Waals surface area (Å²) < 4.78 is 13.1. The fraction of sp³-hybridized carbons (Fsp3) is 0.455. The number of β-amino-alcohol motifs (C(OH)–C–C–N with tert-alkyl or cyclic N) is 1. The van der Waals surface area contributed by atoms with Crippen LogP contribution in [0, 0.1) is 5.82 Å². The van der Waals surface area contributed by atoms with E-state index >= 15 is 0 Å². The van der Waals surface area contributed by atoms with Crippen molar-refractivity contribution in [1.82, 2.24) is 9.88 Å². The van der Waals surface area contributed by atoms with Gasteiger partial charge in [-0.1, -0.05) is 0 Å². The standard InChI is InChI=1S/C11H14FN3O2/c1-13-10-9(4-7(12)5-14-10)11(17)15-3-2-8(16)6-15/h4-5,8,16H,2-3,6H2,1H3,(H,13,14). The van der Waals surface area contributed by atoms with Crippen LogP contribution < -0.4 is 5.32 Å². The highest BCUT2D eigenvalue weighted by molar-refractivity contribution is 5.98. The fourth-order valence-corrected chi connectivity index (χ4v) is 1.90. The molecular formula is C11H14FN3O2. The van der Waals surface area contributed by atoms with Gasteiger partial charge in [-0.15, -0.1) is 0 Å². The molecule has 2 heterocycles. The van der Waals surface area contributed by atoms with Gasteiger partial charge in [-0.2, -0.15) is 0 Å². The molecule has 0 radical (unpaired) electrons. The Morgan fingerprint density at radius 2 is 2.47 bits per heavy atom. The number of aliphatic hydroxyl groups is 1. The minimum atomic E-state index is -0.549. The predicted octanol–water partition coefficient (Wildman–Crippen LogP) is 0.469. The summed E-state index contributed by atoms with van der Waals surface area (Å²) in [6, 6.07) is 1.16. The van der Waals surface area contributed by atoms with E-state index in [1.54, 1.807) is 7.05 Å². The summed E-state index contributed by atoms with van der Waals surface area (Å²) in [6.45, 7) is 0.776. The molecule has 0 aromatic carbocycles. The maximum Gasteiger partial charge on any atom is 0.257 e. The summed E-state index contributed by atoms with van der Waals surface area (Å²) in [5.74, 6) is -0.511. The molecule has 2 N–H and O–H groups in total. The molecule has 1 aromatic heterocycles. The molecule has 6 heteroatoms. The van der Waals surface area contributed by atoms with Crippen LogP contribution in [0.15, 0.2) is 12.3 Å². The molecule has 2 rings (SSSR count). The number of halogens is 1. The Morgan fingerprint density at radius 3 is 3.06 bits per heavy atom. The molecule has 1 saturated heterocycles. The quantitative estimate of drug-likeness (QED) is 0.787. The van der Waals surface area contributed by atoms with Gasteiger partial charge in [0.15, 0.2) is 0 Å². The van der Waals surface area contributed by atoms with Crippen LogP contribution in [0.25, 0.3) is 0 Å². The Morgan fingerprint density at radius 1 is 1.71 bits per heavy atom. The van der Waals surface area contributed by atoms with Gasteiger partial charge in [0.2, 0.25) is 0 Å². The molecule has 1 atom stereocenters. The smallest absolute Gasteiger partial charge is 0.257 e. The fourth-order valence-electron chi connectivity index (χ4n) is 1.90. The molecule has 0 saturated carbocycles. The zero-order chi connectivity index (χ0) is 12.4. The first-order valence-electron chi connectivity index (χ1n) is 5.42. The van der Waals surface area contributed by atoms with Crippen molar-refractivity contribution in [3.8, 4) is 0 Å². The highest BCUT2D eigenvalue weighted by atomic mass is 19.1. The molecule has 5 nitrogen and oxygen atoms in total. The molecule has 1 aromatic rings. The van der Waals surface area contributed by atoms with E-state index in [9.17, 15) is 14.3 Å². The molecule has 1 unspecified atom stereocenters. The Bertz CT molecular complexity index is 439. The van der Waals surface area contributed by atoms with Crippen molar-refractivity contribution in [3.05, 3.63) is 23.6 Å². The van der Waals surface area contributed by atoms with E-state index in [-0.39, 0.29) is 11.5 Å². The average molecular weight is 239 g/mol. The van der Waals surface area contributed by atoms with Crippen molar-refractivity contribution in [1.29, 1.82) is 0 Å². The lowest BCUT2D eigenvalue weighted by Gasteiger charge is -2.17. The van der Waals surface area contributed by atoms with E-state index in [2.05, 4.69) is 10.3 Å². The summed E-state index contributed by atoms with van der Waals surface area (Å²) in [4.78, 5) is 17.4. The second kappa shape index (κ2) is 4.67. The van der Waals surface area contributed by atoms with E-state index in [1.807, 2.05) is 0 Å². The molecule has 1 aliphatic rings. The van der Waals surface area contributed by atoms with Gasteiger partial charge >= 0.3 is 0 Å². The maximum absolute atomic E-state index is 13.1. The van der Waals surface area contributed by atoms with Gasteiger partial charge in [-0.05, 0) is 12.5 Å². The number of carbonyl (C=O) groups excluding carboxylic acids is 1. The first kappa shape index (κ1) is 11.8. The first-order valence-corrected chi connectivity index (χ1v) is 5.42. The number of carbonyl (C=O) groups is 1. The first-order chi connectivity index (χ1) is 8.11. The lowest BCUT2D eigenvalue weighted by molar-refractivity contribution is 0.0765. The highest BCUT2D eigenvalue weighted by Crippen LogP contribution is 2.19. The summed E-state index contributed by atoms with van der Waals surface area (Å²) in [7, 11) is 1.62. The topological polar surface area (TPSA) is 65.5 Å². The number of pyridine rings is 1. The van der Waals surface area contributed by atoms with Gasteiger partial charge < -0.3 is 15.3 Å². The summed E-state index contributed by atoms with van der Waals surface area (Å²) in [5, 5.41) is 12.1. The minimum Gasteiger partial charge on any atom is -0.391 e. The van der Waals surface area contributed by atoms with Crippen LogP contribution in [0.3, 0.4) is 0 Å². The van der Waals surface area contributed by atoms with Crippen molar-refractivity contribution >= 4 is 11.7 Å². The SMILES string of the molecule is CNc1ncc(F)cc1C(=O)N1CCC(O)C1. The van der Waals surface area contributed by atoms with Gasteiger partial charge in [0, 0.05) is 20.1 Å². The number of anilines is 1. The minimum absolute atomic E-state index is 0.196. The van der Waals surface area contributed by atoms with Crippen molar-refractivity contribution in [3.63, 3.8) is 0 Å². The number of hydrogen-bond donors (Lipinski definition) is 2. The van der Waals surface area contributed by atoms with Crippen molar-refractivity contribution in [2.24, 2.45) is 0 Å². The molecule has 1 fully saturated rings. The van der Waals surface area contributed by atoms with Crippen LogP contribution in [-0.2, 0) is 0 Å². The number of amides is 1. The lowest BCUT2D eigenvalue weighted by atomic mass is 10.2. The lowest BCUT2D eigenvalue weighted by Crippen LogP contribution is -2.30. The van der Waals surface area contributed by atoms with E-state index in [4.69, 9.17) is 0 Å². The molecule has 1 amide bonds. The molecule has 92 valence electrons. The molecule has 17 heavy (non-hydrogen) atoms. The number of aromatic nitrogens is 1. The third-order valence-electron chi connectivity index (χ3n) is 2.77. The maximum atomic E-state index is 13.1. The van der Waals surface area contributed by atoms with Crippen LogP contribution in [-0.4, -0.2) is 47.1 Å². The molecule has 0 bridgehead atoms. The predicted molar refractivity (Wildman–Crippen MR) is 60.3 cm³/mol. The van der Waals surface area contributed by atoms with Gasteiger partial charge in [-0.3, -0.25) is 4.79 Å². The van der Waals surface area contributed by atoms with Gasteiger partial charge in [-0.25, -0.2) is 9.37 Å². The number of nitrogens with one attached hydrogen (secondary N) is 1. The number of rotatable bonds is 2. The van der Waals surface area contributed by atoms with Gasteiger partial charge in [0.05, 0.1) is 17.9 Å². The highest BCUT2D eigenvalue weighted by Gasteiger charge is 2.27. The second-order valence-corrected chi connectivity index (χ2v) is 3.99. The molecule has 1 aliphatic heterocycles. The van der Waals surface area contributed by atoms with Gasteiger partial charge in [0.25, 0.3) is 5.91 Å². The van der Waals surface area contributed by atoms with Crippen LogP contribution in [0.4, 0.5) is 10.2 Å². The van der Waals surface area contributed by atoms with Crippen LogP contribution >= 0.6 is 0 Å². The monoisotopic (exact) mass is 239 g/mol. The van der Waals surface area contributed by atoms with E-state index < -0.39 is 11.9 Å². The van der Waals surface area contributed by atoms with Crippen molar-refractivity contribution in [2.45, 2.75) is 12.5 Å². The number of hydrogen-bond acceptors (Lipinski definition) is 4. The van der Waals surface area contributed by atoms with E-state index in [1.165, 1.54) is 4.90 Å².